The molecule has 1 aliphatic heterocycles. The van der Waals surface area contributed by atoms with Gasteiger partial charge in [0, 0.05) is 32.9 Å². The van der Waals surface area contributed by atoms with E-state index in [0.29, 0.717) is 17.5 Å². The van der Waals surface area contributed by atoms with Gasteiger partial charge in [-0.3, -0.25) is 0 Å². The predicted molar refractivity (Wildman–Crippen MR) is 264 cm³/mol. The van der Waals surface area contributed by atoms with Crippen molar-refractivity contribution in [3.05, 3.63) is 230 Å². The third-order valence-corrected chi connectivity index (χ3v) is 13.0. The monoisotopic (exact) mass is 818 g/mol. The Morgan fingerprint density at radius 1 is 0.312 bits per heavy atom. The van der Waals surface area contributed by atoms with E-state index in [-0.39, 0.29) is 5.41 Å². The maximum absolute atomic E-state index is 5.13. The lowest BCUT2D eigenvalue weighted by Gasteiger charge is -2.35. The van der Waals surface area contributed by atoms with Crippen LogP contribution in [0.1, 0.15) is 25.0 Å². The highest BCUT2D eigenvalue weighted by Gasteiger charge is 2.36. The largest absolute Gasteiger partial charge is 0.309 e. The van der Waals surface area contributed by atoms with Gasteiger partial charge in [0.05, 0.1) is 16.7 Å². The van der Waals surface area contributed by atoms with Crippen LogP contribution < -0.4 is 0 Å². The Bertz CT molecular complexity index is 3540. The van der Waals surface area contributed by atoms with Crippen molar-refractivity contribution in [3.8, 4) is 84.4 Å². The summed E-state index contributed by atoms with van der Waals surface area (Å²) in [6.07, 6.45) is 0. The highest BCUT2D eigenvalue weighted by molar-refractivity contribution is 6.14. The molecule has 0 fully saturated rings. The molecule has 11 aromatic rings. The normalized spacial score (nSPS) is 12.7. The Kier molecular flexibility index (Phi) is 8.80. The average Bonchev–Trinajstić information content (AvgIpc) is 3.70. The van der Waals surface area contributed by atoms with Crippen LogP contribution in [0, 0.1) is 0 Å². The lowest BCUT2D eigenvalue weighted by atomic mass is 9.73. The minimum absolute atomic E-state index is 0.253. The third kappa shape index (κ3) is 6.34. The molecule has 9 aromatic carbocycles. The van der Waals surface area contributed by atoms with E-state index in [2.05, 4.69) is 213 Å². The van der Waals surface area contributed by atoms with Gasteiger partial charge in [0.25, 0.3) is 0 Å². The van der Waals surface area contributed by atoms with Crippen molar-refractivity contribution in [3.63, 3.8) is 0 Å². The topological polar surface area (TPSA) is 43.6 Å². The van der Waals surface area contributed by atoms with Crippen molar-refractivity contribution in [1.29, 1.82) is 0 Å². The Balaban J connectivity index is 1.01. The highest BCUT2D eigenvalue weighted by atomic mass is 15.0. The van der Waals surface area contributed by atoms with E-state index < -0.39 is 0 Å². The second kappa shape index (κ2) is 15.0. The number of fused-ring (bicyclic) bond motifs is 5. The standard InChI is InChI=1S/C60H42N4/c1-60(2)52-37-47(40-18-9-4-10-19-40)31-33-55(52)64-54-32-30-46(35-50(54)51-36-49(38-53(60)56(51)64)41-20-11-5-12-21-41)45-24-15-25-48(34-45)59-62-57(43-22-13-6-14-23-43)61-58(63-59)44-28-26-42(27-29-44)39-16-7-3-8-17-39/h3-38H,1-2H3. The fraction of sp³-hybridized carbons (Fsp3) is 0.0500. The van der Waals surface area contributed by atoms with Crippen LogP contribution in [0.5, 0.6) is 0 Å². The first-order chi connectivity index (χ1) is 31.5. The van der Waals surface area contributed by atoms with Gasteiger partial charge in [-0.2, -0.15) is 0 Å². The molecule has 0 spiro atoms. The first-order valence-electron chi connectivity index (χ1n) is 21.9. The van der Waals surface area contributed by atoms with E-state index in [0.717, 1.165) is 33.4 Å². The number of benzene rings is 9. The van der Waals surface area contributed by atoms with Gasteiger partial charge in [-0.25, -0.2) is 15.0 Å². The van der Waals surface area contributed by atoms with Crippen LogP contribution in [0.2, 0.25) is 0 Å². The maximum atomic E-state index is 5.13. The molecule has 3 heterocycles. The molecule has 0 amide bonds. The molecule has 302 valence electrons. The summed E-state index contributed by atoms with van der Waals surface area (Å²) < 4.78 is 2.51. The SMILES string of the molecule is CC1(C)c2cc(-c3ccccc3)ccc2-n2c3ccc(-c4cccc(-c5nc(-c6ccccc6)nc(-c6ccc(-c7ccccc7)cc6)n5)c4)cc3c3cc(-c4ccccc4)cc1c32. The number of nitrogens with zero attached hydrogens (tertiary/aromatic N) is 4. The van der Waals surface area contributed by atoms with Gasteiger partial charge < -0.3 is 4.57 Å². The quantitative estimate of drug-likeness (QED) is 0.161. The van der Waals surface area contributed by atoms with Crippen LogP contribution in [-0.2, 0) is 5.41 Å². The summed E-state index contributed by atoms with van der Waals surface area (Å²) >= 11 is 0. The fourth-order valence-electron chi connectivity index (χ4n) is 9.67. The highest BCUT2D eigenvalue weighted by Crippen LogP contribution is 2.50. The average molecular weight is 819 g/mol. The van der Waals surface area contributed by atoms with Gasteiger partial charge in [-0.15, -0.1) is 0 Å². The molecule has 12 rings (SSSR count). The van der Waals surface area contributed by atoms with Crippen molar-refractivity contribution in [1.82, 2.24) is 19.5 Å². The minimum atomic E-state index is -0.253. The summed E-state index contributed by atoms with van der Waals surface area (Å²) in [6, 6.07) is 78.0. The lowest BCUT2D eigenvalue weighted by molar-refractivity contribution is 0.630. The van der Waals surface area contributed by atoms with Crippen molar-refractivity contribution in [2.24, 2.45) is 0 Å². The number of hydrogen-bond acceptors (Lipinski definition) is 3. The van der Waals surface area contributed by atoms with Crippen LogP contribution in [0.25, 0.3) is 106 Å². The van der Waals surface area contributed by atoms with E-state index in [1.807, 2.05) is 24.3 Å². The second-order valence-corrected chi connectivity index (χ2v) is 17.3. The van der Waals surface area contributed by atoms with Crippen LogP contribution in [0.15, 0.2) is 218 Å². The second-order valence-electron chi connectivity index (χ2n) is 17.3. The first-order valence-corrected chi connectivity index (χ1v) is 21.9. The molecule has 0 radical (unpaired) electrons. The Labute approximate surface area is 372 Å². The zero-order valence-electron chi connectivity index (χ0n) is 35.6. The summed E-state index contributed by atoms with van der Waals surface area (Å²) in [5, 5.41) is 2.48. The van der Waals surface area contributed by atoms with Crippen molar-refractivity contribution in [2.75, 3.05) is 0 Å². The third-order valence-electron chi connectivity index (χ3n) is 13.0. The fourth-order valence-corrected chi connectivity index (χ4v) is 9.67. The van der Waals surface area contributed by atoms with Gasteiger partial charge in [-0.1, -0.05) is 190 Å². The zero-order chi connectivity index (χ0) is 42.8. The summed E-state index contributed by atoms with van der Waals surface area (Å²) in [5.74, 6) is 1.91. The lowest BCUT2D eigenvalue weighted by Crippen LogP contribution is -2.26. The molecule has 0 saturated carbocycles. The minimum Gasteiger partial charge on any atom is -0.309 e. The molecule has 1 aliphatic rings. The number of hydrogen-bond donors (Lipinski definition) is 0. The Morgan fingerprint density at radius 2 is 0.719 bits per heavy atom. The summed E-state index contributed by atoms with van der Waals surface area (Å²) in [6.45, 7) is 4.77. The molecule has 0 N–H and O–H groups in total. The Hall–Kier alpha value is -8.21. The van der Waals surface area contributed by atoms with Gasteiger partial charge >= 0.3 is 0 Å². The summed E-state index contributed by atoms with van der Waals surface area (Å²) in [7, 11) is 0. The Morgan fingerprint density at radius 3 is 1.36 bits per heavy atom. The van der Waals surface area contributed by atoms with Gasteiger partial charge in [0.15, 0.2) is 17.5 Å². The molecule has 0 bridgehead atoms. The van der Waals surface area contributed by atoms with Crippen LogP contribution >= 0.6 is 0 Å². The summed E-state index contributed by atoms with van der Waals surface area (Å²) in [4.78, 5) is 15.2. The smallest absolute Gasteiger partial charge is 0.164 e. The van der Waals surface area contributed by atoms with Crippen LogP contribution in [0.3, 0.4) is 0 Å². The molecule has 64 heavy (non-hydrogen) atoms. The van der Waals surface area contributed by atoms with Crippen molar-refractivity contribution < 1.29 is 0 Å². The molecule has 4 heteroatoms. The maximum Gasteiger partial charge on any atom is 0.164 e. The molecule has 4 nitrogen and oxygen atoms in total. The molecule has 0 aliphatic carbocycles. The van der Waals surface area contributed by atoms with E-state index in [4.69, 9.17) is 15.0 Å². The van der Waals surface area contributed by atoms with Crippen LogP contribution in [-0.4, -0.2) is 19.5 Å². The van der Waals surface area contributed by atoms with E-state index in [1.165, 1.54) is 66.4 Å². The van der Waals surface area contributed by atoms with E-state index in [1.54, 1.807) is 0 Å². The predicted octanol–water partition coefficient (Wildman–Crippen LogP) is 15.3. The van der Waals surface area contributed by atoms with Gasteiger partial charge in [0.1, 0.15) is 0 Å². The van der Waals surface area contributed by atoms with Crippen molar-refractivity contribution in [2.45, 2.75) is 19.3 Å². The first kappa shape index (κ1) is 37.5. The van der Waals surface area contributed by atoms with Crippen LogP contribution in [0.4, 0.5) is 0 Å². The number of rotatable bonds is 7. The molecule has 0 atom stereocenters. The van der Waals surface area contributed by atoms with Crippen molar-refractivity contribution >= 4 is 21.8 Å². The zero-order valence-corrected chi connectivity index (χ0v) is 35.6. The molecule has 0 unspecified atom stereocenters. The molecule has 2 aromatic heterocycles. The molecular weight excluding hydrogens is 777 g/mol. The van der Waals surface area contributed by atoms with E-state index >= 15 is 0 Å². The van der Waals surface area contributed by atoms with Gasteiger partial charge in [-0.05, 0) is 98.1 Å². The summed E-state index contributed by atoms with van der Waals surface area (Å²) in [5.41, 5.74) is 18.3. The van der Waals surface area contributed by atoms with E-state index in [9.17, 15) is 0 Å². The number of aromatic nitrogens is 4. The van der Waals surface area contributed by atoms with Gasteiger partial charge in [0.2, 0.25) is 0 Å². The molecular formula is C60H42N4. The molecule has 0 saturated heterocycles.